The van der Waals surface area contributed by atoms with Crippen LogP contribution in [0, 0.1) is 12.8 Å². The SMILES string of the molecule is Cc1cc(-c2c3c(nc(C4CCCCC4)c2-c2nn[nH]n2)CCC(C)C3)ccn1. The van der Waals surface area contributed by atoms with Gasteiger partial charge in [0.05, 0.1) is 11.3 Å². The summed E-state index contributed by atoms with van der Waals surface area (Å²) in [5.74, 6) is 1.80. The number of aromatic nitrogens is 6. The van der Waals surface area contributed by atoms with Crippen LogP contribution in [0.3, 0.4) is 0 Å². The number of aryl methyl sites for hydroxylation is 2. The van der Waals surface area contributed by atoms with Gasteiger partial charge in [0.15, 0.2) is 0 Å². The molecule has 1 saturated carbocycles. The molecule has 3 aromatic heterocycles. The molecule has 0 bridgehead atoms. The lowest BCUT2D eigenvalue weighted by Gasteiger charge is -2.30. The molecule has 1 unspecified atom stereocenters. The summed E-state index contributed by atoms with van der Waals surface area (Å²) in [5, 5.41) is 15.4. The van der Waals surface area contributed by atoms with Crippen molar-refractivity contribution in [3.8, 4) is 22.5 Å². The van der Waals surface area contributed by atoms with Crippen LogP contribution in [0.15, 0.2) is 18.3 Å². The molecule has 150 valence electrons. The predicted molar refractivity (Wildman–Crippen MR) is 112 cm³/mol. The fourth-order valence-electron chi connectivity index (χ4n) is 5.14. The molecule has 0 spiro atoms. The van der Waals surface area contributed by atoms with Gasteiger partial charge in [-0.1, -0.05) is 26.2 Å². The first-order valence-electron chi connectivity index (χ1n) is 10.9. The molecule has 29 heavy (non-hydrogen) atoms. The largest absolute Gasteiger partial charge is 0.262 e. The minimum absolute atomic E-state index is 0.476. The Labute approximate surface area is 171 Å². The molecule has 3 aromatic rings. The monoisotopic (exact) mass is 388 g/mol. The lowest BCUT2D eigenvalue weighted by atomic mass is 9.78. The molecule has 1 fully saturated rings. The van der Waals surface area contributed by atoms with E-state index in [2.05, 4.69) is 51.6 Å². The third-order valence-electron chi connectivity index (χ3n) is 6.58. The summed E-state index contributed by atoms with van der Waals surface area (Å²) in [6.45, 7) is 4.39. The Morgan fingerprint density at radius 1 is 1.07 bits per heavy atom. The van der Waals surface area contributed by atoms with E-state index in [1.807, 2.05) is 6.20 Å². The normalized spacial score (nSPS) is 19.9. The number of H-pyrrole nitrogens is 1. The molecule has 1 N–H and O–H groups in total. The first-order chi connectivity index (χ1) is 14.2. The lowest BCUT2D eigenvalue weighted by molar-refractivity contribution is 0.433. The van der Waals surface area contributed by atoms with Crippen molar-refractivity contribution in [2.45, 2.75) is 71.1 Å². The minimum Gasteiger partial charge on any atom is -0.262 e. The number of nitrogens with one attached hydrogen (secondary N) is 1. The zero-order valence-electron chi connectivity index (χ0n) is 17.3. The number of rotatable bonds is 3. The standard InChI is InChI=1S/C23H28N6/c1-14-8-9-19-18(12-14)20(17-10-11-24-15(2)13-17)21(23-26-28-29-27-23)22(25-19)16-6-4-3-5-7-16/h10-11,13-14,16H,3-9,12H2,1-2H3,(H,26,27,28,29). The third kappa shape index (κ3) is 3.45. The van der Waals surface area contributed by atoms with Gasteiger partial charge in [0.1, 0.15) is 0 Å². The second kappa shape index (κ2) is 7.65. The van der Waals surface area contributed by atoms with Crippen molar-refractivity contribution < 1.29 is 0 Å². The van der Waals surface area contributed by atoms with Crippen LogP contribution in [0.1, 0.15) is 74.0 Å². The molecule has 3 heterocycles. The Morgan fingerprint density at radius 2 is 1.93 bits per heavy atom. The topological polar surface area (TPSA) is 80.2 Å². The predicted octanol–water partition coefficient (Wildman–Crippen LogP) is 4.80. The van der Waals surface area contributed by atoms with Crippen molar-refractivity contribution >= 4 is 0 Å². The summed E-state index contributed by atoms with van der Waals surface area (Å²) in [7, 11) is 0. The summed E-state index contributed by atoms with van der Waals surface area (Å²) in [6.07, 6.45) is 11.5. The zero-order chi connectivity index (χ0) is 19.8. The summed E-state index contributed by atoms with van der Waals surface area (Å²) in [4.78, 5) is 9.73. The number of aromatic amines is 1. The number of tetrazole rings is 1. The number of pyridine rings is 2. The molecule has 6 heteroatoms. The molecule has 0 radical (unpaired) electrons. The average molecular weight is 389 g/mol. The van der Waals surface area contributed by atoms with E-state index in [9.17, 15) is 0 Å². The van der Waals surface area contributed by atoms with Gasteiger partial charge in [0.2, 0.25) is 5.82 Å². The van der Waals surface area contributed by atoms with E-state index >= 15 is 0 Å². The molecule has 0 saturated heterocycles. The van der Waals surface area contributed by atoms with Crippen molar-refractivity contribution in [3.05, 3.63) is 41.0 Å². The van der Waals surface area contributed by atoms with E-state index in [1.54, 1.807) is 0 Å². The second-order valence-corrected chi connectivity index (χ2v) is 8.78. The Bertz CT molecular complexity index is 1000. The van der Waals surface area contributed by atoms with Gasteiger partial charge in [-0.15, -0.1) is 10.2 Å². The summed E-state index contributed by atoms with van der Waals surface area (Å²) < 4.78 is 0. The van der Waals surface area contributed by atoms with E-state index in [-0.39, 0.29) is 0 Å². The molecule has 1 atom stereocenters. The van der Waals surface area contributed by atoms with Gasteiger partial charge in [0.25, 0.3) is 0 Å². The van der Waals surface area contributed by atoms with Crippen LogP contribution in [0.2, 0.25) is 0 Å². The van der Waals surface area contributed by atoms with Crippen molar-refractivity contribution in [1.29, 1.82) is 0 Å². The second-order valence-electron chi connectivity index (χ2n) is 8.78. The molecule has 2 aliphatic rings. The average Bonchev–Trinajstić information content (AvgIpc) is 3.27. The van der Waals surface area contributed by atoms with Crippen LogP contribution in [0.25, 0.3) is 22.5 Å². The first-order valence-corrected chi connectivity index (χ1v) is 10.9. The molecule has 0 amide bonds. The minimum atomic E-state index is 0.476. The van der Waals surface area contributed by atoms with Gasteiger partial charge in [0, 0.05) is 23.5 Å². The lowest BCUT2D eigenvalue weighted by Crippen LogP contribution is -2.19. The first kappa shape index (κ1) is 18.4. The number of hydrogen-bond donors (Lipinski definition) is 1. The zero-order valence-corrected chi connectivity index (χ0v) is 17.3. The van der Waals surface area contributed by atoms with E-state index < -0.39 is 0 Å². The maximum atomic E-state index is 5.30. The van der Waals surface area contributed by atoms with Crippen molar-refractivity contribution in [2.24, 2.45) is 5.92 Å². The van der Waals surface area contributed by atoms with Crippen LogP contribution in [-0.4, -0.2) is 30.6 Å². The smallest absolute Gasteiger partial charge is 0.207 e. The van der Waals surface area contributed by atoms with Crippen LogP contribution in [-0.2, 0) is 12.8 Å². The van der Waals surface area contributed by atoms with Gasteiger partial charge < -0.3 is 0 Å². The summed E-state index contributed by atoms with van der Waals surface area (Å²) in [5.41, 5.74) is 8.40. The Hall–Kier alpha value is -2.63. The molecule has 0 aromatic carbocycles. The van der Waals surface area contributed by atoms with Crippen LogP contribution in [0.4, 0.5) is 0 Å². The number of fused-ring (bicyclic) bond motifs is 1. The van der Waals surface area contributed by atoms with Gasteiger partial charge in [-0.3, -0.25) is 9.97 Å². The molecular weight excluding hydrogens is 360 g/mol. The highest BCUT2D eigenvalue weighted by Gasteiger charge is 2.31. The van der Waals surface area contributed by atoms with E-state index in [1.165, 1.54) is 66.6 Å². The maximum Gasteiger partial charge on any atom is 0.207 e. The Balaban J connectivity index is 1.81. The fraction of sp³-hybridized carbons (Fsp3) is 0.522. The van der Waals surface area contributed by atoms with E-state index in [4.69, 9.17) is 4.98 Å². The Kier molecular flexibility index (Phi) is 4.86. The molecule has 0 aliphatic heterocycles. The van der Waals surface area contributed by atoms with Crippen LogP contribution < -0.4 is 0 Å². The highest BCUT2D eigenvalue weighted by Crippen LogP contribution is 2.45. The quantitative estimate of drug-likeness (QED) is 0.697. The number of nitrogens with zero attached hydrogens (tertiary/aromatic N) is 5. The van der Waals surface area contributed by atoms with Gasteiger partial charge >= 0.3 is 0 Å². The molecular formula is C23H28N6. The summed E-state index contributed by atoms with van der Waals surface area (Å²) >= 11 is 0. The van der Waals surface area contributed by atoms with Crippen molar-refractivity contribution in [2.75, 3.05) is 0 Å². The van der Waals surface area contributed by atoms with Gasteiger partial charge in [-0.05, 0) is 79.0 Å². The highest BCUT2D eigenvalue weighted by atomic mass is 15.5. The molecule has 2 aliphatic carbocycles. The van der Waals surface area contributed by atoms with Crippen LogP contribution >= 0.6 is 0 Å². The summed E-state index contributed by atoms with van der Waals surface area (Å²) in [6, 6.07) is 4.30. The molecule has 5 rings (SSSR count). The van der Waals surface area contributed by atoms with E-state index in [0.29, 0.717) is 17.7 Å². The molecule has 6 nitrogen and oxygen atoms in total. The van der Waals surface area contributed by atoms with Crippen LogP contribution in [0.5, 0.6) is 0 Å². The Morgan fingerprint density at radius 3 is 2.69 bits per heavy atom. The van der Waals surface area contributed by atoms with E-state index in [0.717, 1.165) is 24.1 Å². The third-order valence-corrected chi connectivity index (χ3v) is 6.58. The fourth-order valence-corrected chi connectivity index (χ4v) is 5.14. The van der Waals surface area contributed by atoms with Crippen molar-refractivity contribution in [3.63, 3.8) is 0 Å². The van der Waals surface area contributed by atoms with Gasteiger partial charge in [-0.2, -0.15) is 5.21 Å². The van der Waals surface area contributed by atoms with Crippen molar-refractivity contribution in [1.82, 2.24) is 30.6 Å². The highest BCUT2D eigenvalue weighted by molar-refractivity contribution is 5.85. The maximum absolute atomic E-state index is 5.30. The van der Waals surface area contributed by atoms with Gasteiger partial charge in [-0.25, -0.2) is 0 Å². The number of hydrogen-bond acceptors (Lipinski definition) is 5.